The molecule has 1 amide bonds. The van der Waals surface area contributed by atoms with E-state index >= 15 is 0 Å². The Bertz CT molecular complexity index is 936. The highest BCUT2D eigenvalue weighted by molar-refractivity contribution is 7.15. The molecule has 1 aromatic carbocycles. The molecule has 3 aromatic rings. The van der Waals surface area contributed by atoms with Gasteiger partial charge in [0.25, 0.3) is 11.8 Å². The number of carbonyl (C=O) groups excluding carboxylic acids is 1. The average molecular weight is 378 g/mol. The molecule has 4 rings (SSSR count). The first-order chi connectivity index (χ1) is 12.1. The second-order valence-electron chi connectivity index (χ2n) is 5.80. The van der Waals surface area contributed by atoms with Gasteiger partial charge >= 0.3 is 0 Å². The molecule has 5 nitrogen and oxygen atoms in total. The summed E-state index contributed by atoms with van der Waals surface area (Å²) >= 11 is 7.37. The molecular formula is C17H13ClFN3O2S. The van der Waals surface area contributed by atoms with Crippen LogP contribution in [0.3, 0.4) is 0 Å². The van der Waals surface area contributed by atoms with E-state index in [-0.39, 0.29) is 16.5 Å². The van der Waals surface area contributed by atoms with Crippen molar-refractivity contribution in [3.05, 3.63) is 57.4 Å². The summed E-state index contributed by atoms with van der Waals surface area (Å²) in [5, 5.41) is 6.86. The molecule has 0 unspecified atom stereocenters. The standard InChI is InChI=1S/C17H13ClFN3O2S/c18-13-7-10(19)3-5-12(13)16(23)20-8-11-4-6-14(25-11)17-21-15(22-24-17)9-1-2-9/h3-7,9H,1-2,8H2,(H,20,23). The highest BCUT2D eigenvalue weighted by Gasteiger charge is 2.29. The molecule has 0 radical (unpaired) electrons. The zero-order valence-electron chi connectivity index (χ0n) is 13.0. The highest BCUT2D eigenvalue weighted by atomic mass is 35.5. The number of hydrogen-bond donors (Lipinski definition) is 1. The van der Waals surface area contributed by atoms with E-state index in [1.54, 1.807) is 0 Å². The van der Waals surface area contributed by atoms with Gasteiger partial charge in [0.15, 0.2) is 5.82 Å². The fraction of sp³-hybridized carbons (Fsp3) is 0.235. The van der Waals surface area contributed by atoms with Crippen molar-refractivity contribution in [3.8, 4) is 10.8 Å². The number of aromatic nitrogens is 2. The summed E-state index contributed by atoms with van der Waals surface area (Å²) in [4.78, 5) is 18.4. The number of carbonyl (C=O) groups is 1. The Labute approximate surface area is 151 Å². The van der Waals surface area contributed by atoms with Gasteiger partial charge in [0.1, 0.15) is 5.82 Å². The van der Waals surface area contributed by atoms with Crippen LogP contribution in [0.4, 0.5) is 4.39 Å². The van der Waals surface area contributed by atoms with Crippen LogP contribution in [0.25, 0.3) is 10.8 Å². The third kappa shape index (κ3) is 3.57. The Hall–Kier alpha value is -2.25. The van der Waals surface area contributed by atoms with Gasteiger partial charge in [0.2, 0.25) is 0 Å². The number of nitrogens with zero attached hydrogens (tertiary/aromatic N) is 2. The summed E-state index contributed by atoms with van der Waals surface area (Å²) in [7, 11) is 0. The SMILES string of the molecule is O=C(NCc1ccc(-c2nc(C3CC3)no2)s1)c1ccc(F)cc1Cl. The third-order valence-electron chi connectivity index (χ3n) is 3.86. The van der Waals surface area contributed by atoms with Crippen LogP contribution in [-0.2, 0) is 6.54 Å². The monoisotopic (exact) mass is 377 g/mol. The molecule has 128 valence electrons. The van der Waals surface area contributed by atoms with Gasteiger partial charge < -0.3 is 9.84 Å². The topological polar surface area (TPSA) is 68.0 Å². The number of nitrogens with one attached hydrogen (secondary N) is 1. The molecule has 1 saturated carbocycles. The number of thiophene rings is 1. The maximum Gasteiger partial charge on any atom is 0.268 e. The van der Waals surface area contributed by atoms with E-state index in [0.29, 0.717) is 18.4 Å². The molecule has 0 atom stereocenters. The van der Waals surface area contributed by atoms with Crippen molar-refractivity contribution in [1.29, 1.82) is 0 Å². The van der Waals surface area contributed by atoms with E-state index in [0.717, 1.165) is 34.5 Å². The van der Waals surface area contributed by atoms with Gasteiger partial charge in [-0.3, -0.25) is 4.79 Å². The lowest BCUT2D eigenvalue weighted by Gasteiger charge is -2.05. The van der Waals surface area contributed by atoms with Crippen LogP contribution >= 0.6 is 22.9 Å². The molecule has 1 N–H and O–H groups in total. The van der Waals surface area contributed by atoms with Gasteiger partial charge in [-0.25, -0.2) is 4.39 Å². The molecule has 8 heteroatoms. The molecule has 0 saturated heterocycles. The van der Waals surface area contributed by atoms with Crippen LogP contribution in [0.15, 0.2) is 34.9 Å². The lowest BCUT2D eigenvalue weighted by atomic mass is 10.2. The second-order valence-corrected chi connectivity index (χ2v) is 7.38. The van der Waals surface area contributed by atoms with Crippen LogP contribution < -0.4 is 5.32 Å². The van der Waals surface area contributed by atoms with E-state index in [9.17, 15) is 9.18 Å². The Balaban J connectivity index is 1.41. The molecule has 25 heavy (non-hydrogen) atoms. The lowest BCUT2D eigenvalue weighted by Crippen LogP contribution is -2.22. The third-order valence-corrected chi connectivity index (χ3v) is 5.24. The first-order valence-electron chi connectivity index (χ1n) is 7.76. The first-order valence-corrected chi connectivity index (χ1v) is 8.95. The molecule has 0 spiro atoms. The minimum atomic E-state index is -0.477. The Morgan fingerprint density at radius 2 is 2.20 bits per heavy atom. The van der Waals surface area contributed by atoms with Crippen molar-refractivity contribution in [2.24, 2.45) is 0 Å². The van der Waals surface area contributed by atoms with Gasteiger partial charge in [0.05, 0.1) is 22.0 Å². The molecule has 2 aromatic heterocycles. The lowest BCUT2D eigenvalue weighted by molar-refractivity contribution is 0.0951. The summed E-state index contributed by atoms with van der Waals surface area (Å²) < 4.78 is 18.3. The number of rotatable bonds is 5. The number of hydrogen-bond acceptors (Lipinski definition) is 5. The van der Waals surface area contributed by atoms with E-state index in [2.05, 4.69) is 15.5 Å². The molecule has 2 heterocycles. The minimum Gasteiger partial charge on any atom is -0.347 e. The Kier molecular flexibility index (Phi) is 4.27. The smallest absolute Gasteiger partial charge is 0.268 e. The predicted octanol–water partition coefficient (Wildman–Crippen LogP) is 4.40. The van der Waals surface area contributed by atoms with Crippen molar-refractivity contribution in [2.75, 3.05) is 0 Å². The largest absolute Gasteiger partial charge is 0.347 e. The maximum atomic E-state index is 13.0. The van der Waals surface area contributed by atoms with Crippen LogP contribution in [0.2, 0.25) is 5.02 Å². The second kappa shape index (κ2) is 6.57. The summed E-state index contributed by atoms with van der Waals surface area (Å²) in [6.45, 7) is 0.334. The summed E-state index contributed by atoms with van der Waals surface area (Å²) in [5.74, 6) is 0.885. The predicted molar refractivity (Wildman–Crippen MR) is 92.2 cm³/mol. The highest BCUT2D eigenvalue weighted by Crippen LogP contribution is 2.39. The van der Waals surface area contributed by atoms with Crippen molar-refractivity contribution >= 4 is 28.8 Å². The van der Waals surface area contributed by atoms with Crippen LogP contribution in [-0.4, -0.2) is 16.0 Å². The van der Waals surface area contributed by atoms with Crippen molar-refractivity contribution < 1.29 is 13.7 Å². The fourth-order valence-electron chi connectivity index (χ4n) is 2.37. The van der Waals surface area contributed by atoms with Gasteiger partial charge in [-0.1, -0.05) is 16.8 Å². The van der Waals surface area contributed by atoms with Crippen molar-refractivity contribution in [2.45, 2.75) is 25.3 Å². The fourth-order valence-corrected chi connectivity index (χ4v) is 3.49. The van der Waals surface area contributed by atoms with E-state index in [4.69, 9.17) is 16.1 Å². The van der Waals surface area contributed by atoms with Crippen LogP contribution in [0.5, 0.6) is 0 Å². The normalized spacial score (nSPS) is 13.8. The van der Waals surface area contributed by atoms with Gasteiger partial charge in [-0.15, -0.1) is 11.3 Å². The number of halogens is 2. The quantitative estimate of drug-likeness (QED) is 0.715. The summed E-state index contributed by atoms with van der Waals surface area (Å²) in [6, 6.07) is 7.48. The molecular weight excluding hydrogens is 365 g/mol. The molecule has 1 fully saturated rings. The van der Waals surface area contributed by atoms with Gasteiger partial charge in [-0.2, -0.15) is 4.98 Å². The van der Waals surface area contributed by atoms with E-state index in [1.165, 1.54) is 23.5 Å². The van der Waals surface area contributed by atoms with Crippen molar-refractivity contribution in [1.82, 2.24) is 15.5 Å². The Morgan fingerprint density at radius 3 is 2.96 bits per heavy atom. The zero-order valence-corrected chi connectivity index (χ0v) is 14.5. The molecule has 0 bridgehead atoms. The number of benzene rings is 1. The molecule has 0 aliphatic heterocycles. The molecule has 1 aliphatic rings. The zero-order chi connectivity index (χ0) is 17.4. The molecule has 1 aliphatic carbocycles. The summed E-state index contributed by atoms with van der Waals surface area (Å²) in [6.07, 6.45) is 2.24. The maximum absolute atomic E-state index is 13.0. The minimum absolute atomic E-state index is 0.0860. The van der Waals surface area contributed by atoms with E-state index < -0.39 is 5.82 Å². The number of amides is 1. The average Bonchev–Trinajstić information content (AvgIpc) is 3.13. The first kappa shape index (κ1) is 16.2. The Morgan fingerprint density at radius 1 is 1.36 bits per heavy atom. The van der Waals surface area contributed by atoms with Gasteiger partial charge in [0, 0.05) is 10.8 Å². The van der Waals surface area contributed by atoms with E-state index in [1.807, 2.05) is 12.1 Å². The van der Waals surface area contributed by atoms with Crippen LogP contribution in [0.1, 0.15) is 39.8 Å². The van der Waals surface area contributed by atoms with Crippen LogP contribution in [0, 0.1) is 5.82 Å². The summed E-state index contributed by atoms with van der Waals surface area (Å²) in [5.41, 5.74) is 0.242. The van der Waals surface area contributed by atoms with Crippen molar-refractivity contribution in [3.63, 3.8) is 0 Å². The van der Waals surface area contributed by atoms with Gasteiger partial charge in [-0.05, 0) is 43.2 Å².